The van der Waals surface area contributed by atoms with Crippen LogP contribution in [0.5, 0.6) is 0 Å². The molecule has 2 heterocycles. The normalized spacial score (nSPS) is 25.0. The monoisotopic (exact) mass is 236 g/mol. The Bertz CT molecular complexity index is 353. The number of nitrogens with zero attached hydrogens (tertiary/aromatic N) is 2. The Kier molecular flexibility index (Phi) is 3.97. The fraction of sp³-hybridized carbons (Fsp3) is 0.615. The average molecular weight is 236 g/mol. The minimum Gasteiger partial charge on any atom is -0.394 e. The van der Waals surface area contributed by atoms with Gasteiger partial charge in [-0.1, -0.05) is 0 Å². The molecule has 17 heavy (non-hydrogen) atoms. The van der Waals surface area contributed by atoms with Crippen molar-refractivity contribution in [3.63, 3.8) is 0 Å². The standard InChI is InChI=1S/C13H20N2O2/c1-10-3-4-11(7-14-10)15-8-13(17-2)6-5-12(15)9-16/h3-4,7,12-13,16H,5-6,8-9H2,1-2H3/t12-,13-/m0/s1. The molecule has 0 saturated carbocycles. The molecule has 0 aliphatic carbocycles. The first-order valence-corrected chi connectivity index (χ1v) is 6.07. The van der Waals surface area contributed by atoms with E-state index in [9.17, 15) is 5.11 Å². The van der Waals surface area contributed by atoms with Gasteiger partial charge in [-0.3, -0.25) is 4.98 Å². The molecule has 1 N–H and O–H groups in total. The maximum atomic E-state index is 9.43. The van der Waals surface area contributed by atoms with Gasteiger partial charge in [0.05, 0.1) is 30.6 Å². The highest BCUT2D eigenvalue weighted by molar-refractivity contribution is 5.46. The summed E-state index contributed by atoms with van der Waals surface area (Å²) in [6.45, 7) is 2.98. The topological polar surface area (TPSA) is 45.6 Å². The Balaban J connectivity index is 2.17. The average Bonchev–Trinajstić information content (AvgIpc) is 2.39. The molecule has 0 aromatic carbocycles. The summed E-state index contributed by atoms with van der Waals surface area (Å²) in [6, 6.07) is 4.24. The van der Waals surface area contributed by atoms with Crippen LogP contribution in [0, 0.1) is 6.92 Å². The summed E-state index contributed by atoms with van der Waals surface area (Å²) in [5.41, 5.74) is 2.07. The van der Waals surface area contributed by atoms with Gasteiger partial charge >= 0.3 is 0 Å². The molecule has 1 aromatic heterocycles. The zero-order valence-corrected chi connectivity index (χ0v) is 10.5. The van der Waals surface area contributed by atoms with Crippen molar-refractivity contribution in [1.82, 2.24) is 4.98 Å². The summed E-state index contributed by atoms with van der Waals surface area (Å²) in [7, 11) is 1.75. The van der Waals surface area contributed by atoms with Crippen molar-refractivity contribution in [2.45, 2.75) is 31.9 Å². The van der Waals surface area contributed by atoms with Gasteiger partial charge in [0.1, 0.15) is 0 Å². The van der Waals surface area contributed by atoms with Gasteiger partial charge in [-0.05, 0) is 31.9 Å². The Labute approximate surface area is 102 Å². The van der Waals surface area contributed by atoms with Crippen LogP contribution in [-0.2, 0) is 4.74 Å². The highest BCUT2D eigenvalue weighted by Gasteiger charge is 2.27. The number of anilines is 1. The Morgan fingerprint density at radius 2 is 2.29 bits per heavy atom. The lowest BCUT2D eigenvalue weighted by Gasteiger charge is -2.39. The number of ether oxygens (including phenoxy) is 1. The second-order valence-corrected chi connectivity index (χ2v) is 4.58. The summed E-state index contributed by atoms with van der Waals surface area (Å²) in [6.07, 6.45) is 4.09. The van der Waals surface area contributed by atoms with E-state index in [4.69, 9.17) is 4.74 Å². The van der Waals surface area contributed by atoms with Gasteiger partial charge in [0.25, 0.3) is 0 Å². The molecule has 1 aliphatic rings. The molecule has 0 spiro atoms. The predicted octanol–water partition coefficient (Wildman–Crippen LogP) is 1.37. The van der Waals surface area contributed by atoms with E-state index in [1.807, 2.05) is 19.2 Å². The largest absolute Gasteiger partial charge is 0.394 e. The third-order valence-corrected chi connectivity index (χ3v) is 3.43. The molecule has 4 nitrogen and oxygen atoms in total. The van der Waals surface area contributed by atoms with Gasteiger partial charge in [0.2, 0.25) is 0 Å². The lowest BCUT2D eigenvalue weighted by Crippen LogP contribution is -2.48. The van der Waals surface area contributed by atoms with Crippen LogP contribution in [0.2, 0.25) is 0 Å². The summed E-state index contributed by atoms with van der Waals surface area (Å²) >= 11 is 0. The number of hydrogen-bond acceptors (Lipinski definition) is 4. The number of aryl methyl sites for hydroxylation is 1. The van der Waals surface area contributed by atoms with Gasteiger partial charge in [-0.15, -0.1) is 0 Å². The fourth-order valence-electron chi connectivity index (χ4n) is 2.32. The third kappa shape index (κ3) is 2.76. The van der Waals surface area contributed by atoms with Crippen molar-refractivity contribution in [3.8, 4) is 0 Å². The van der Waals surface area contributed by atoms with Crippen molar-refractivity contribution in [2.75, 3.05) is 25.2 Å². The minimum atomic E-state index is 0.185. The molecular formula is C13H20N2O2. The smallest absolute Gasteiger partial charge is 0.0747 e. The highest BCUT2D eigenvalue weighted by atomic mass is 16.5. The number of piperidine rings is 1. The van der Waals surface area contributed by atoms with Crippen LogP contribution in [0.25, 0.3) is 0 Å². The van der Waals surface area contributed by atoms with Crippen LogP contribution in [-0.4, -0.2) is 42.5 Å². The summed E-state index contributed by atoms with van der Waals surface area (Å²) in [5, 5.41) is 9.43. The molecule has 94 valence electrons. The lowest BCUT2D eigenvalue weighted by molar-refractivity contribution is 0.0744. The minimum absolute atomic E-state index is 0.185. The van der Waals surface area contributed by atoms with Crippen LogP contribution in [0.3, 0.4) is 0 Å². The van der Waals surface area contributed by atoms with Gasteiger partial charge < -0.3 is 14.7 Å². The van der Waals surface area contributed by atoms with Crippen molar-refractivity contribution < 1.29 is 9.84 Å². The maximum absolute atomic E-state index is 9.43. The quantitative estimate of drug-likeness (QED) is 0.861. The number of aromatic nitrogens is 1. The number of pyridine rings is 1. The number of aliphatic hydroxyl groups excluding tert-OH is 1. The van der Waals surface area contributed by atoms with Crippen LogP contribution >= 0.6 is 0 Å². The molecule has 2 rings (SSSR count). The van der Waals surface area contributed by atoms with Crippen molar-refractivity contribution in [3.05, 3.63) is 24.0 Å². The Morgan fingerprint density at radius 3 is 2.88 bits per heavy atom. The van der Waals surface area contributed by atoms with E-state index >= 15 is 0 Å². The number of rotatable bonds is 3. The van der Waals surface area contributed by atoms with E-state index in [1.165, 1.54) is 0 Å². The van der Waals surface area contributed by atoms with Crippen molar-refractivity contribution in [1.29, 1.82) is 0 Å². The van der Waals surface area contributed by atoms with E-state index < -0.39 is 0 Å². The van der Waals surface area contributed by atoms with Crippen molar-refractivity contribution >= 4 is 5.69 Å². The van der Waals surface area contributed by atoms with Crippen LogP contribution in [0.1, 0.15) is 18.5 Å². The van der Waals surface area contributed by atoms with E-state index in [1.54, 1.807) is 7.11 Å². The summed E-state index contributed by atoms with van der Waals surface area (Å²) in [5.74, 6) is 0. The molecule has 0 bridgehead atoms. The zero-order valence-electron chi connectivity index (χ0n) is 10.5. The SMILES string of the molecule is CO[C@H]1CC[C@@H](CO)N(c2ccc(C)nc2)C1. The second kappa shape index (κ2) is 5.47. The van der Waals surface area contributed by atoms with E-state index in [0.29, 0.717) is 0 Å². The first-order chi connectivity index (χ1) is 8.24. The molecule has 0 unspecified atom stereocenters. The highest BCUT2D eigenvalue weighted by Crippen LogP contribution is 2.25. The van der Waals surface area contributed by atoms with Gasteiger partial charge in [-0.2, -0.15) is 0 Å². The second-order valence-electron chi connectivity index (χ2n) is 4.58. The molecule has 1 fully saturated rings. The predicted molar refractivity (Wildman–Crippen MR) is 67.2 cm³/mol. The molecule has 4 heteroatoms. The molecule has 2 atom stereocenters. The number of aliphatic hydroxyl groups is 1. The molecule has 0 radical (unpaired) electrons. The maximum Gasteiger partial charge on any atom is 0.0747 e. The molecule has 1 aliphatic heterocycles. The lowest BCUT2D eigenvalue weighted by atomic mass is 10.00. The summed E-state index contributed by atoms with van der Waals surface area (Å²) in [4.78, 5) is 6.51. The van der Waals surface area contributed by atoms with Crippen molar-refractivity contribution in [2.24, 2.45) is 0 Å². The zero-order chi connectivity index (χ0) is 12.3. The van der Waals surface area contributed by atoms with E-state index in [0.717, 1.165) is 30.8 Å². The van der Waals surface area contributed by atoms with E-state index in [2.05, 4.69) is 16.0 Å². The third-order valence-electron chi connectivity index (χ3n) is 3.43. The van der Waals surface area contributed by atoms with Gasteiger partial charge in [0, 0.05) is 19.3 Å². The summed E-state index contributed by atoms with van der Waals surface area (Å²) < 4.78 is 5.42. The van der Waals surface area contributed by atoms with Crippen LogP contribution in [0.4, 0.5) is 5.69 Å². The molecular weight excluding hydrogens is 216 g/mol. The van der Waals surface area contributed by atoms with Crippen LogP contribution in [0.15, 0.2) is 18.3 Å². The van der Waals surface area contributed by atoms with Gasteiger partial charge in [0.15, 0.2) is 0 Å². The molecule has 1 saturated heterocycles. The fourth-order valence-corrected chi connectivity index (χ4v) is 2.32. The molecule has 1 aromatic rings. The molecule has 0 amide bonds. The van der Waals surface area contributed by atoms with Gasteiger partial charge in [-0.25, -0.2) is 0 Å². The Hall–Kier alpha value is -1.13. The van der Waals surface area contributed by atoms with E-state index in [-0.39, 0.29) is 18.8 Å². The first-order valence-electron chi connectivity index (χ1n) is 6.07. The van der Waals surface area contributed by atoms with Crippen LogP contribution < -0.4 is 4.90 Å². The number of methoxy groups -OCH3 is 1. The Morgan fingerprint density at radius 1 is 1.47 bits per heavy atom. The first kappa shape index (κ1) is 12.3. The number of hydrogen-bond donors (Lipinski definition) is 1.